The number of anilines is 1. The zero-order valence-corrected chi connectivity index (χ0v) is 9.03. The highest BCUT2D eigenvalue weighted by Gasteiger charge is 2.20. The van der Waals surface area contributed by atoms with Gasteiger partial charge in [0, 0.05) is 20.6 Å². The Morgan fingerprint density at radius 2 is 2.20 bits per heavy atom. The molecular weight excluding hydrogens is 190 g/mol. The minimum Gasteiger partial charge on any atom is -0.348 e. The highest BCUT2D eigenvalue weighted by atomic mass is 16.2. The maximum atomic E-state index is 11.5. The van der Waals surface area contributed by atoms with Gasteiger partial charge in [-0.3, -0.25) is 4.79 Å². The number of para-hydroxylation sites is 1. The van der Waals surface area contributed by atoms with Crippen LogP contribution in [0.1, 0.15) is 5.56 Å². The number of likely N-dealkylation sites (N-methyl/N-ethyl adjacent to an activating group) is 1. The van der Waals surface area contributed by atoms with Gasteiger partial charge in [-0.15, -0.1) is 0 Å². The second kappa shape index (κ2) is 3.90. The molecule has 0 radical (unpaired) electrons. The number of amides is 1. The molecule has 0 aromatic heterocycles. The van der Waals surface area contributed by atoms with Gasteiger partial charge in [0.15, 0.2) is 0 Å². The van der Waals surface area contributed by atoms with Crippen LogP contribution >= 0.6 is 0 Å². The highest BCUT2D eigenvalue weighted by Crippen LogP contribution is 2.23. The van der Waals surface area contributed by atoms with Crippen LogP contribution in [0.25, 0.3) is 0 Å². The van der Waals surface area contributed by atoms with E-state index in [1.165, 1.54) is 5.56 Å². The molecule has 0 saturated carbocycles. The summed E-state index contributed by atoms with van der Waals surface area (Å²) in [6.45, 7) is 1.19. The molecule has 1 aromatic carbocycles. The Morgan fingerprint density at radius 3 is 2.87 bits per heavy atom. The molecule has 4 heteroatoms. The molecule has 0 unspecified atom stereocenters. The third-order valence-corrected chi connectivity index (χ3v) is 2.48. The Bertz CT molecular complexity index is 351. The van der Waals surface area contributed by atoms with Crippen molar-refractivity contribution in [2.24, 2.45) is 0 Å². The number of nitrogens with one attached hydrogen (secondary N) is 1. The third-order valence-electron chi connectivity index (χ3n) is 2.48. The second-order valence-electron chi connectivity index (χ2n) is 3.91. The Kier molecular flexibility index (Phi) is 2.60. The van der Waals surface area contributed by atoms with E-state index >= 15 is 0 Å². The average molecular weight is 205 g/mol. The summed E-state index contributed by atoms with van der Waals surface area (Å²) in [5.41, 5.74) is 5.55. The topological polar surface area (TPSA) is 35.6 Å². The molecule has 1 N–H and O–H groups in total. The first-order valence-corrected chi connectivity index (χ1v) is 4.96. The van der Waals surface area contributed by atoms with E-state index in [-0.39, 0.29) is 5.91 Å². The van der Waals surface area contributed by atoms with Crippen LogP contribution in [-0.4, -0.2) is 36.5 Å². The molecule has 1 heterocycles. The molecule has 80 valence electrons. The monoisotopic (exact) mass is 205 g/mol. The van der Waals surface area contributed by atoms with Crippen molar-refractivity contribution in [2.75, 3.05) is 26.1 Å². The smallest absolute Gasteiger partial charge is 0.238 e. The number of hydrazine groups is 1. The number of hydrogen-bond donors (Lipinski definition) is 1. The van der Waals surface area contributed by atoms with Crippen LogP contribution in [0, 0.1) is 0 Å². The highest BCUT2D eigenvalue weighted by molar-refractivity contribution is 5.78. The standard InChI is InChI=1S/C11H15N3O/c1-13(2)11(15)8-14-7-9-5-3-4-6-10(9)12-14/h3-6,12H,7-8H2,1-2H3. The van der Waals surface area contributed by atoms with Crippen molar-refractivity contribution in [2.45, 2.75) is 6.54 Å². The number of benzene rings is 1. The van der Waals surface area contributed by atoms with Gasteiger partial charge in [-0.2, -0.15) is 0 Å². The molecule has 15 heavy (non-hydrogen) atoms. The summed E-state index contributed by atoms with van der Waals surface area (Å²) in [7, 11) is 3.54. The lowest BCUT2D eigenvalue weighted by molar-refractivity contribution is -0.129. The molecule has 0 aliphatic carbocycles. The van der Waals surface area contributed by atoms with Crippen molar-refractivity contribution < 1.29 is 4.79 Å². The van der Waals surface area contributed by atoms with Gasteiger partial charge in [0.05, 0.1) is 12.2 Å². The average Bonchev–Trinajstić information content (AvgIpc) is 2.59. The minimum atomic E-state index is 0.107. The zero-order valence-electron chi connectivity index (χ0n) is 9.03. The van der Waals surface area contributed by atoms with Gasteiger partial charge in [-0.25, -0.2) is 5.01 Å². The number of carbonyl (C=O) groups is 1. The molecule has 0 saturated heterocycles. The van der Waals surface area contributed by atoms with Crippen LogP contribution in [0.3, 0.4) is 0 Å². The fraction of sp³-hybridized carbons (Fsp3) is 0.364. The lowest BCUT2D eigenvalue weighted by Crippen LogP contribution is -2.36. The number of hydrogen-bond acceptors (Lipinski definition) is 3. The Hall–Kier alpha value is -1.55. The predicted molar refractivity (Wildman–Crippen MR) is 59.2 cm³/mol. The van der Waals surface area contributed by atoms with Crippen molar-refractivity contribution >= 4 is 11.6 Å². The molecule has 2 rings (SSSR count). The van der Waals surface area contributed by atoms with E-state index in [2.05, 4.69) is 11.5 Å². The van der Waals surface area contributed by atoms with Crippen LogP contribution in [0.5, 0.6) is 0 Å². The van der Waals surface area contributed by atoms with Crippen molar-refractivity contribution in [1.82, 2.24) is 9.91 Å². The fourth-order valence-electron chi connectivity index (χ4n) is 1.58. The molecule has 1 amide bonds. The fourth-order valence-corrected chi connectivity index (χ4v) is 1.58. The van der Waals surface area contributed by atoms with E-state index in [0.717, 1.165) is 12.2 Å². The van der Waals surface area contributed by atoms with E-state index in [9.17, 15) is 4.79 Å². The van der Waals surface area contributed by atoms with Gasteiger partial charge in [0.25, 0.3) is 0 Å². The first-order chi connectivity index (χ1) is 7.16. The zero-order chi connectivity index (χ0) is 10.8. The summed E-state index contributed by atoms with van der Waals surface area (Å²) in [5.74, 6) is 0.107. The van der Waals surface area contributed by atoms with Gasteiger partial charge >= 0.3 is 0 Å². The van der Waals surface area contributed by atoms with E-state index in [4.69, 9.17) is 0 Å². The van der Waals surface area contributed by atoms with Crippen LogP contribution in [-0.2, 0) is 11.3 Å². The normalized spacial score (nSPS) is 14.5. The molecule has 0 bridgehead atoms. The van der Waals surface area contributed by atoms with Gasteiger partial charge in [0.2, 0.25) is 5.91 Å². The summed E-state index contributed by atoms with van der Waals surface area (Å²) in [6.07, 6.45) is 0. The van der Waals surface area contributed by atoms with E-state index < -0.39 is 0 Å². The Morgan fingerprint density at radius 1 is 1.47 bits per heavy atom. The van der Waals surface area contributed by atoms with Crippen LogP contribution < -0.4 is 5.43 Å². The van der Waals surface area contributed by atoms with Crippen LogP contribution in [0.2, 0.25) is 0 Å². The molecule has 0 atom stereocenters. The van der Waals surface area contributed by atoms with Crippen molar-refractivity contribution in [1.29, 1.82) is 0 Å². The largest absolute Gasteiger partial charge is 0.348 e. The number of carbonyl (C=O) groups excluding carboxylic acids is 1. The molecular formula is C11H15N3O. The third kappa shape index (κ3) is 2.10. The van der Waals surface area contributed by atoms with Gasteiger partial charge in [0.1, 0.15) is 0 Å². The maximum absolute atomic E-state index is 11.5. The summed E-state index contributed by atoms with van der Waals surface area (Å²) >= 11 is 0. The minimum absolute atomic E-state index is 0.107. The lowest BCUT2D eigenvalue weighted by atomic mass is 10.2. The number of fused-ring (bicyclic) bond motifs is 1. The maximum Gasteiger partial charge on any atom is 0.238 e. The van der Waals surface area contributed by atoms with Crippen molar-refractivity contribution in [3.05, 3.63) is 29.8 Å². The Balaban J connectivity index is 1.99. The van der Waals surface area contributed by atoms with Gasteiger partial charge in [-0.1, -0.05) is 18.2 Å². The SMILES string of the molecule is CN(C)C(=O)CN1Cc2ccccc2N1. The first kappa shape index (κ1) is 9.98. The number of rotatable bonds is 2. The molecule has 4 nitrogen and oxygen atoms in total. The second-order valence-corrected chi connectivity index (χ2v) is 3.91. The quantitative estimate of drug-likeness (QED) is 0.779. The summed E-state index contributed by atoms with van der Waals surface area (Å²) in [5, 5.41) is 1.92. The summed E-state index contributed by atoms with van der Waals surface area (Å²) in [4.78, 5) is 13.1. The van der Waals surface area contributed by atoms with Gasteiger partial charge < -0.3 is 10.3 Å². The summed E-state index contributed by atoms with van der Waals surface area (Å²) < 4.78 is 0. The van der Waals surface area contributed by atoms with Gasteiger partial charge in [-0.05, 0) is 11.6 Å². The molecule has 0 spiro atoms. The molecule has 0 fully saturated rings. The van der Waals surface area contributed by atoms with E-state index in [1.54, 1.807) is 19.0 Å². The van der Waals surface area contributed by atoms with Crippen LogP contribution in [0.4, 0.5) is 5.69 Å². The Labute approximate surface area is 89.5 Å². The van der Waals surface area contributed by atoms with Crippen molar-refractivity contribution in [3.63, 3.8) is 0 Å². The van der Waals surface area contributed by atoms with E-state index in [1.807, 2.05) is 23.2 Å². The summed E-state index contributed by atoms with van der Waals surface area (Å²) in [6, 6.07) is 8.10. The molecule has 1 aromatic rings. The van der Waals surface area contributed by atoms with Crippen LogP contribution in [0.15, 0.2) is 24.3 Å². The molecule has 1 aliphatic rings. The number of nitrogens with zero attached hydrogens (tertiary/aromatic N) is 2. The predicted octanol–water partition coefficient (Wildman–Crippen LogP) is 0.917. The lowest BCUT2D eigenvalue weighted by Gasteiger charge is -2.18. The van der Waals surface area contributed by atoms with E-state index in [0.29, 0.717) is 6.54 Å². The molecule has 1 aliphatic heterocycles. The first-order valence-electron chi connectivity index (χ1n) is 4.96. The van der Waals surface area contributed by atoms with Crippen molar-refractivity contribution in [3.8, 4) is 0 Å².